The van der Waals surface area contributed by atoms with Crippen molar-refractivity contribution in [2.75, 3.05) is 19.0 Å². The van der Waals surface area contributed by atoms with Crippen LogP contribution in [0, 0.1) is 0 Å². The van der Waals surface area contributed by atoms with Crippen LogP contribution in [0.3, 0.4) is 0 Å². The molecule has 2 aromatic rings. The van der Waals surface area contributed by atoms with Gasteiger partial charge in [-0.15, -0.1) is 0 Å². The van der Waals surface area contributed by atoms with Crippen molar-refractivity contribution in [3.05, 3.63) is 63.1 Å². The molecule has 5 nitrogen and oxygen atoms in total. The minimum absolute atomic E-state index is 0.0699. The van der Waals surface area contributed by atoms with Crippen LogP contribution in [-0.4, -0.2) is 36.5 Å². The molecule has 0 radical (unpaired) electrons. The van der Waals surface area contributed by atoms with Crippen LogP contribution in [0.25, 0.3) is 0 Å². The lowest BCUT2D eigenvalue weighted by Crippen LogP contribution is -2.49. The Bertz CT molecular complexity index is 843. The number of benzene rings is 2. The number of carbonyl (C=O) groups is 2. The zero-order valence-corrected chi connectivity index (χ0v) is 16.5. The van der Waals surface area contributed by atoms with E-state index < -0.39 is 6.04 Å². The van der Waals surface area contributed by atoms with Gasteiger partial charge >= 0.3 is 5.97 Å². The normalized spacial score (nSPS) is 16.7. The summed E-state index contributed by atoms with van der Waals surface area (Å²) in [7, 11) is 1.36. The number of hydrogen-bond donors (Lipinski definition) is 1. The van der Waals surface area contributed by atoms with Gasteiger partial charge in [-0.2, -0.15) is 0 Å². The Kier molecular flexibility index (Phi) is 5.96. The standard InChI is InChI=1S/C19H18BrClN2O3/c1-26-19(25)17-8-12-4-2-3-5-13(12)10-23(17)11-18(24)22-16-7-6-14(20)9-15(16)21/h2-7,9,17H,8,10-11H2,1H3,(H,22,24). The number of ether oxygens (including phenoxy) is 1. The largest absolute Gasteiger partial charge is 0.468 e. The van der Waals surface area contributed by atoms with Crippen molar-refractivity contribution >= 4 is 45.1 Å². The first-order valence-corrected chi connectivity index (χ1v) is 9.28. The minimum Gasteiger partial charge on any atom is -0.468 e. The lowest BCUT2D eigenvalue weighted by molar-refractivity contribution is -0.148. The molecular weight excluding hydrogens is 420 g/mol. The summed E-state index contributed by atoms with van der Waals surface area (Å²) in [5.74, 6) is -0.573. The predicted octanol–water partition coefficient (Wildman–Crippen LogP) is 3.64. The maximum atomic E-state index is 12.5. The van der Waals surface area contributed by atoms with Crippen LogP contribution < -0.4 is 5.32 Å². The second-order valence-corrected chi connectivity index (χ2v) is 7.41. The lowest BCUT2D eigenvalue weighted by Gasteiger charge is -2.34. The third-order valence-electron chi connectivity index (χ3n) is 4.37. The summed E-state index contributed by atoms with van der Waals surface area (Å²) in [6.45, 7) is 0.581. The summed E-state index contributed by atoms with van der Waals surface area (Å²) >= 11 is 9.48. The van der Waals surface area contributed by atoms with E-state index in [9.17, 15) is 9.59 Å². The summed E-state index contributed by atoms with van der Waals surface area (Å²) in [5, 5.41) is 3.25. The quantitative estimate of drug-likeness (QED) is 0.742. The summed E-state index contributed by atoms with van der Waals surface area (Å²) in [6.07, 6.45) is 0.523. The molecule has 0 saturated carbocycles. The maximum Gasteiger partial charge on any atom is 0.323 e. The van der Waals surface area contributed by atoms with Crippen molar-refractivity contribution in [3.63, 3.8) is 0 Å². The second-order valence-electron chi connectivity index (χ2n) is 6.09. The fourth-order valence-corrected chi connectivity index (χ4v) is 3.80. The molecule has 0 saturated heterocycles. The van der Waals surface area contributed by atoms with Crippen LogP contribution in [0.15, 0.2) is 46.9 Å². The molecule has 0 aromatic heterocycles. The molecule has 1 aliphatic rings. The summed E-state index contributed by atoms with van der Waals surface area (Å²) in [4.78, 5) is 26.5. The third kappa shape index (κ3) is 4.26. The maximum absolute atomic E-state index is 12.5. The van der Waals surface area contributed by atoms with E-state index in [0.717, 1.165) is 15.6 Å². The van der Waals surface area contributed by atoms with Gasteiger partial charge in [-0.3, -0.25) is 14.5 Å². The van der Waals surface area contributed by atoms with E-state index in [2.05, 4.69) is 21.2 Å². The highest BCUT2D eigenvalue weighted by Gasteiger charge is 2.33. The van der Waals surface area contributed by atoms with Crippen LogP contribution in [-0.2, 0) is 27.3 Å². The van der Waals surface area contributed by atoms with Gasteiger partial charge in [0.15, 0.2) is 0 Å². The molecule has 0 bridgehead atoms. The van der Waals surface area contributed by atoms with Gasteiger partial charge < -0.3 is 10.1 Å². The minimum atomic E-state index is -0.485. The number of amides is 1. The number of anilines is 1. The van der Waals surface area contributed by atoms with Crippen LogP contribution in [0.1, 0.15) is 11.1 Å². The van der Waals surface area contributed by atoms with E-state index in [4.69, 9.17) is 16.3 Å². The lowest BCUT2D eigenvalue weighted by atomic mass is 9.94. The van der Waals surface area contributed by atoms with E-state index in [1.165, 1.54) is 7.11 Å². The first kappa shape index (κ1) is 18.9. The number of hydrogen-bond acceptors (Lipinski definition) is 4. The van der Waals surface area contributed by atoms with Gasteiger partial charge in [0.1, 0.15) is 6.04 Å². The predicted molar refractivity (Wildman–Crippen MR) is 104 cm³/mol. The monoisotopic (exact) mass is 436 g/mol. The van der Waals surface area contributed by atoms with Crippen molar-refractivity contribution in [2.24, 2.45) is 0 Å². The molecule has 7 heteroatoms. The topological polar surface area (TPSA) is 58.6 Å². The molecule has 1 aliphatic heterocycles. The molecule has 1 amide bonds. The van der Waals surface area contributed by atoms with E-state index in [0.29, 0.717) is 23.7 Å². The summed E-state index contributed by atoms with van der Waals surface area (Å²) in [5.41, 5.74) is 2.75. The molecule has 1 atom stereocenters. The smallest absolute Gasteiger partial charge is 0.323 e. The summed E-state index contributed by atoms with van der Waals surface area (Å²) < 4.78 is 5.76. The van der Waals surface area contributed by atoms with Gasteiger partial charge in [-0.05, 0) is 35.7 Å². The van der Waals surface area contributed by atoms with E-state index in [1.54, 1.807) is 18.2 Å². The molecule has 136 valence electrons. The van der Waals surface area contributed by atoms with Crippen LogP contribution in [0.4, 0.5) is 5.69 Å². The fourth-order valence-electron chi connectivity index (χ4n) is 3.08. The number of rotatable bonds is 4. The molecule has 0 aliphatic carbocycles. The Hall–Kier alpha value is -1.89. The number of methoxy groups -OCH3 is 1. The average molecular weight is 438 g/mol. The number of carbonyl (C=O) groups excluding carboxylic acids is 2. The highest BCUT2D eigenvalue weighted by Crippen LogP contribution is 2.27. The number of nitrogens with zero attached hydrogens (tertiary/aromatic N) is 1. The van der Waals surface area contributed by atoms with Gasteiger partial charge in [0.05, 0.1) is 24.4 Å². The van der Waals surface area contributed by atoms with Crippen molar-refractivity contribution in [1.82, 2.24) is 4.90 Å². The number of halogens is 2. The van der Waals surface area contributed by atoms with Crippen LogP contribution in [0.2, 0.25) is 5.02 Å². The Labute approximate surface area is 165 Å². The third-order valence-corrected chi connectivity index (χ3v) is 5.18. The SMILES string of the molecule is COC(=O)C1Cc2ccccc2CN1CC(=O)Nc1ccc(Br)cc1Cl. The van der Waals surface area contributed by atoms with E-state index in [-0.39, 0.29) is 18.4 Å². The zero-order valence-electron chi connectivity index (χ0n) is 14.2. The molecule has 26 heavy (non-hydrogen) atoms. The van der Waals surface area contributed by atoms with Gasteiger partial charge in [-0.25, -0.2) is 0 Å². The number of fused-ring (bicyclic) bond motifs is 1. The molecule has 1 unspecified atom stereocenters. The Balaban J connectivity index is 1.75. The van der Waals surface area contributed by atoms with Crippen molar-refractivity contribution < 1.29 is 14.3 Å². The van der Waals surface area contributed by atoms with Crippen molar-refractivity contribution in [1.29, 1.82) is 0 Å². The van der Waals surface area contributed by atoms with E-state index in [1.807, 2.05) is 29.2 Å². The highest BCUT2D eigenvalue weighted by atomic mass is 79.9. The Morgan fingerprint density at radius 3 is 2.69 bits per heavy atom. The van der Waals surface area contributed by atoms with Crippen molar-refractivity contribution in [2.45, 2.75) is 19.0 Å². The van der Waals surface area contributed by atoms with Gasteiger partial charge in [0.25, 0.3) is 0 Å². The Morgan fingerprint density at radius 2 is 2.00 bits per heavy atom. The number of esters is 1. The van der Waals surface area contributed by atoms with Gasteiger partial charge in [-0.1, -0.05) is 51.8 Å². The molecule has 2 aromatic carbocycles. The average Bonchev–Trinajstić information content (AvgIpc) is 2.63. The van der Waals surface area contributed by atoms with Crippen LogP contribution in [0.5, 0.6) is 0 Å². The molecule has 3 rings (SSSR count). The molecule has 0 fully saturated rings. The molecular formula is C19H18BrClN2O3. The molecule has 0 spiro atoms. The zero-order chi connectivity index (χ0) is 18.7. The highest BCUT2D eigenvalue weighted by molar-refractivity contribution is 9.10. The van der Waals surface area contributed by atoms with E-state index >= 15 is 0 Å². The fraction of sp³-hybridized carbons (Fsp3) is 0.263. The second kappa shape index (κ2) is 8.20. The first-order valence-electron chi connectivity index (χ1n) is 8.11. The first-order chi connectivity index (χ1) is 12.5. The number of nitrogens with one attached hydrogen (secondary N) is 1. The molecule has 1 N–H and O–H groups in total. The van der Waals surface area contributed by atoms with Gasteiger partial charge in [0, 0.05) is 11.0 Å². The van der Waals surface area contributed by atoms with Gasteiger partial charge in [0.2, 0.25) is 5.91 Å². The summed E-state index contributed by atoms with van der Waals surface area (Å²) in [6, 6.07) is 12.7. The molecule has 1 heterocycles. The van der Waals surface area contributed by atoms with Crippen LogP contribution >= 0.6 is 27.5 Å². The Morgan fingerprint density at radius 1 is 1.27 bits per heavy atom. The van der Waals surface area contributed by atoms with Crippen molar-refractivity contribution in [3.8, 4) is 0 Å².